The summed E-state index contributed by atoms with van der Waals surface area (Å²) in [5.74, 6) is 3.19. The van der Waals surface area contributed by atoms with Gasteiger partial charge in [0.25, 0.3) is 0 Å². The molecular weight excluding hydrogens is 464 g/mol. The summed E-state index contributed by atoms with van der Waals surface area (Å²) in [6.07, 6.45) is 0. The molecule has 0 amide bonds. The van der Waals surface area contributed by atoms with Crippen molar-refractivity contribution in [2.75, 3.05) is 0 Å². The van der Waals surface area contributed by atoms with Crippen molar-refractivity contribution in [3.8, 4) is 67.5 Å². The van der Waals surface area contributed by atoms with Gasteiger partial charge in [-0.3, -0.25) is 0 Å². The lowest BCUT2D eigenvalue weighted by molar-refractivity contribution is 0.474. The lowest BCUT2D eigenvalue weighted by Crippen LogP contribution is -2.00. The normalized spacial score (nSPS) is 11.6. The van der Waals surface area contributed by atoms with Gasteiger partial charge in [-0.25, -0.2) is 0 Å². The van der Waals surface area contributed by atoms with Gasteiger partial charge in [-0.1, -0.05) is 133 Å². The topological polar surface area (TPSA) is 18.5 Å². The minimum absolute atomic E-state index is 0.790. The SMILES string of the molecule is c1ccc(-c2cccc3c2Oc2c(-c4ccccc4)cccc2-c2ccccc2Oc2ccccc2-3)cc1. The van der Waals surface area contributed by atoms with Crippen LogP contribution in [-0.2, 0) is 0 Å². The Labute approximate surface area is 222 Å². The molecule has 7 rings (SSSR count). The van der Waals surface area contributed by atoms with E-state index in [-0.39, 0.29) is 0 Å². The summed E-state index contributed by atoms with van der Waals surface area (Å²) < 4.78 is 13.8. The van der Waals surface area contributed by atoms with Gasteiger partial charge in [0.05, 0.1) is 0 Å². The Morgan fingerprint density at radius 2 is 0.632 bits per heavy atom. The predicted octanol–water partition coefficient (Wildman–Crippen LogP) is 10.3. The third-order valence-electron chi connectivity index (χ3n) is 6.98. The number of ether oxygens (including phenoxy) is 2. The standard InChI is InChI=1S/C36H24O2/c1-3-13-25(14-4-1)27-19-11-21-31-29-17-7-9-23-33(29)37-34-24-10-8-18-30(34)32-22-12-20-28(36(32)38-35(27)31)26-15-5-2-6-16-26/h1-24H. The van der Waals surface area contributed by atoms with Crippen molar-refractivity contribution in [2.24, 2.45) is 0 Å². The summed E-state index contributed by atoms with van der Waals surface area (Å²) in [7, 11) is 0. The van der Waals surface area contributed by atoms with Crippen molar-refractivity contribution in [1.82, 2.24) is 0 Å². The summed E-state index contributed by atoms with van der Waals surface area (Å²) in [5.41, 5.74) is 8.18. The van der Waals surface area contributed by atoms with E-state index < -0.39 is 0 Å². The number of benzene rings is 6. The second kappa shape index (κ2) is 9.42. The first-order valence-electron chi connectivity index (χ1n) is 12.8. The molecule has 180 valence electrons. The fourth-order valence-electron chi connectivity index (χ4n) is 5.19. The molecule has 0 aliphatic carbocycles. The zero-order valence-electron chi connectivity index (χ0n) is 20.7. The molecule has 0 bridgehead atoms. The minimum Gasteiger partial charge on any atom is -0.456 e. The highest BCUT2D eigenvalue weighted by Crippen LogP contribution is 2.51. The van der Waals surface area contributed by atoms with Crippen molar-refractivity contribution in [2.45, 2.75) is 0 Å². The van der Waals surface area contributed by atoms with E-state index in [4.69, 9.17) is 9.47 Å². The highest BCUT2D eigenvalue weighted by Gasteiger charge is 2.24. The molecule has 0 spiro atoms. The molecule has 0 saturated carbocycles. The smallest absolute Gasteiger partial charge is 0.143 e. The van der Waals surface area contributed by atoms with Gasteiger partial charge in [0.15, 0.2) is 0 Å². The molecule has 38 heavy (non-hydrogen) atoms. The fourth-order valence-corrected chi connectivity index (χ4v) is 5.19. The second-order valence-electron chi connectivity index (χ2n) is 9.29. The van der Waals surface area contributed by atoms with Crippen LogP contribution in [0.4, 0.5) is 0 Å². The number of hydrogen-bond donors (Lipinski definition) is 0. The van der Waals surface area contributed by atoms with Gasteiger partial charge in [-0.2, -0.15) is 0 Å². The van der Waals surface area contributed by atoms with Gasteiger partial charge in [0.1, 0.15) is 23.0 Å². The van der Waals surface area contributed by atoms with Crippen LogP contribution in [0, 0.1) is 0 Å². The molecule has 1 aliphatic heterocycles. The molecule has 6 aromatic carbocycles. The molecule has 1 aliphatic rings. The minimum atomic E-state index is 0.790. The molecule has 2 nitrogen and oxygen atoms in total. The summed E-state index contributed by atoms with van der Waals surface area (Å²) in [6, 6.07) is 49.8. The largest absolute Gasteiger partial charge is 0.456 e. The predicted molar refractivity (Wildman–Crippen MR) is 155 cm³/mol. The summed E-state index contributed by atoms with van der Waals surface area (Å²) in [4.78, 5) is 0. The van der Waals surface area contributed by atoms with E-state index in [1.54, 1.807) is 0 Å². The molecule has 0 aromatic heterocycles. The molecule has 0 saturated heterocycles. The third-order valence-corrected chi connectivity index (χ3v) is 6.98. The van der Waals surface area contributed by atoms with Crippen LogP contribution < -0.4 is 9.47 Å². The maximum absolute atomic E-state index is 7.15. The van der Waals surface area contributed by atoms with Crippen LogP contribution in [0.5, 0.6) is 23.0 Å². The van der Waals surface area contributed by atoms with Crippen LogP contribution >= 0.6 is 0 Å². The van der Waals surface area contributed by atoms with Crippen LogP contribution in [0.25, 0.3) is 44.5 Å². The monoisotopic (exact) mass is 488 g/mol. The molecule has 0 radical (unpaired) electrons. The Bertz CT molecular complexity index is 1620. The first kappa shape index (κ1) is 22.1. The van der Waals surface area contributed by atoms with Gasteiger partial charge in [-0.15, -0.1) is 0 Å². The van der Waals surface area contributed by atoms with E-state index >= 15 is 0 Å². The number of fused-ring (bicyclic) bond motifs is 6. The quantitative estimate of drug-likeness (QED) is 0.241. The van der Waals surface area contributed by atoms with Crippen LogP contribution in [0.3, 0.4) is 0 Å². The van der Waals surface area contributed by atoms with E-state index in [9.17, 15) is 0 Å². The maximum atomic E-state index is 7.15. The Morgan fingerprint density at radius 1 is 0.263 bits per heavy atom. The van der Waals surface area contributed by atoms with Gasteiger partial charge >= 0.3 is 0 Å². The Morgan fingerprint density at radius 3 is 1.11 bits per heavy atom. The highest BCUT2D eigenvalue weighted by molar-refractivity contribution is 5.90. The van der Waals surface area contributed by atoms with E-state index in [1.807, 2.05) is 48.5 Å². The van der Waals surface area contributed by atoms with Gasteiger partial charge in [0.2, 0.25) is 0 Å². The van der Waals surface area contributed by atoms with Gasteiger partial charge in [-0.05, 0) is 23.3 Å². The second-order valence-corrected chi connectivity index (χ2v) is 9.29. The summed E-state index contributed by atoms with van der Waals surface area (Å²) in [6.45, 7) is 0. The third kappa shape index (κ3) is 3.84. The van der Waals surface area contributed by atoms with E-state index in [0.29, 0.717) is 0 Å². The molecule has 2 heteroatoms. The number of para-hydroxylation sites is 4. The average molecular weight is 489 g/mol. The van der Waals surface area contributed by atoms with Crippen LogP contribution in [-0.4, -0.2) is 0 Å². The van der Waals surface area contributed by atoms with E-state index in [1.165, 1.54) is 0 Å². The number of rotatable bonds is 2. The molecule has 0 atom stereocenters. The van der Waals surface area contributed by atoms with Crippen LogP contribution in [0.1, 0.15) is 0 Å². The number of hydrogen-bond acceptors (Lipinski definition) is 2. The zero-order valence-corrected chi connectivity index (χ0v) is 20.7. The van der Waals surface area contributed by atoms with Crippen LogP contribution in [0.15, 0.2) is 146 Å². The molecule has 0 fully saturated rings. The van der Waals surface area contributed by atoms with Crippen molar-refractivity contribution >= 4 is 0 Å². The van der Waals surface area contributed by atoms with E-state index in [0.717, 1.165) is 67.5 Å². The van der Waals surface area contributed by atoms with Gasteiger partial charge in [0, 0.05) is 33.4 Å². The highest BCUT2D eigenvalue weighted by atomic mass is 16.5. The van der Waals surface area contributed by atoms with E-state index in [2.05, 4.69) is 97.1 Å². The average Bonchev–Trinajstić information content (AvgIpc) is 2.99. The van der Waals surface area contributed by atoms with Crippen molar-refractivity contribution in [3.05, 3.63) is 146 Å². The Hall–Kier alpha value is -5.08. The lowest BCUT2D eigenvalue weighted by atomic mass is 9.94. The zero-order chi connectivity index (χ0) is 25.3. The maximum Gasteiger partial charge on any atom is 0.143 e. The first-order valence-corrected chi connectivity index (χ1v) is 12.8. The fraction of sp³-hybridized carbons (Fsp3) is 0. The molecule has 0 N–H and O–H groups in total. The first-order chi connectivity index (χ1) is 18.9. The van der Waals surface area contributed by atoms with Crippen LogP contribution in [0.2, 0.25) is 0 Å². The summed E-state index contributed by atoms with van der Waals surface area (Å²) in [5, 5.41) is 0. The Balaban J connectivity index is 1.59. The molecule has 0 unspecified atom stereocenters. The van der Waals surface area contributed by atoms with Crippen molar-refractivity contribution in [1.29, 1.82) is 0 Å². The summed E-state index contributed by atoms with van der Waals surface area (Å²) >= 11 is 0. The Kier molecular flexibility index (Phi) is 5.49. The molecule has 6 aromatic rings. The van der Waals surface area contributed by atoms with Crippen molar-refractivity contribution < 1.29 is 9.47 Å². The molecule has 1 heterocycles. The van der Waals surface area contributed by atoms with Gasteiger partial charge < -0.3 is 9.47 Å². The lowest BCUT2D eigenvalue weighted by Gasteiger charge is -2.24. The van der Waals surface area contributed by atoms with Crippen molar-refractivity contribution in [3.63, 3.8) is 0 Å². The molecular formula is C36H24O2.